The molecule has 2 saturated carbocycles. The lowest BCUT2D eigenvalue weighted by atomic mass is 9.80. The molecule has 6 aromatic rings. The zero-order valence-electron chi connectivity index (χ0n) is 57.5. The second kappa shape index (κ2) is 30.8. The largest absolute Gasteiger partial charge is 0.305 e. The van der Waals surface area contributed by atoms with Crippen molar-refractivity contribution in [2.45, 2.75) is 176 Å². The third kappa shape index (κ3) is 18.5. The molecule has 8 unspecified atom stereocenters. The minimum Gasteiger partial charge on any atom is -0.305 e. The number of nitrogens with two attached hydrogens (primary N) is 3. The summed E-state index contributed by atoms with van der Waals surface area (Å²) in [6.45, 7) is 15.3. The van der Waals surface area contributed by atoms with E-state index < -0.39 is 58.2 Å². The lowest BCUT2D eigenvalue weighted by Gasteiger charge is -2.24. The summed E-state index contributed by atoms with van der Waals surface area (Å²) in [6, 6.07) is 32.6. The van der Waals surface area contributed by atoms with E-state index in [-0.39, 0.29) is 70.5 Å². The maximum Gasteiger partial charge on any atom is 0.259 e. The van der Waals surface area contributed by atoms with Gasteiger partial charge in [0.1, 0.15) is 35.6 Å². The molecule has 0 radical (unpaired) electrons. The summed E-state index contributed by atoms with van der Waals surface area (Å²) in [5.41, 5.74) is 11.6. The predicted molar refractivity (Wildman–Crippen MR) is 376 cm³/mol. The Kier molecular flexibility index (Phi) is 23.8. The highest BCUT2D eigenvalue weighted by molar-refractivity contribution is 7.92. The minimum absolute atomic E-state index is 0.0262. The Morgan fingerprint density at radius 1 is 0.521 bits per heavy atom. The van der Waals surface area contributed by atoms with Gasteiger partial charge >= 0.3 is 0 Å². The number of carbonyl (C=O) groups excluding carboxylic acids is 3. The fourth-order valence-electron chi connectivity index (χ4n) is 13.6. The average molecular weight is 1360 g/mol. The number of carbonyl (C=O) groups is 3. The minimum atomic E-state index is -4.12. The SMILES string of the molecule is Cc1cc(CN(C)C)ccc1S(N)(=O)=NC(=O)Cc1c(C(C)C)cc(C#N)cc1C(C)CCC(C)c1cc(C#N)cc(C2CC2CC(C)c2cc(C#N)cc(C3CC3)c2CC(=O)N=S(N)(=O)c2ccc(CN(C)C)cc2C)c1CC(=O)N=S(N)(=O)c1ccc(CN(C)C)cc1F. The van der Waals surface area contributed by atoms with E-state index in [4.69, 9.17) is 15.4 Å². The molecule has 0 saturated heterocycles. The standard InChI is InChI=1S/C74H91FN12O6S3/c1-44(2)58-27-53(38-76)28-59(65(58)35-72(88)82-94(79,91)69-21-16-50(24-48(69)6)41-85(8)9)45(3)14-15-46(4)60-29-55(40-78)32-64(67(60)37-74(90)84-96(81,93)71-23-18-52(33-68(71)75)43-87(12)13)63-34-57(63)26-47(5)61-30-54(39-77)31-62(56-19-20-56)66(61)36-73(89)83-95(80,92)70-22-17-51(25-49(70)7)42-86(10)11/h16-18,21-25,27-33,44-47,56-57,63H,14-15,19-20,26,34-37,41-43H2,1-13H3,(H2,79,82,88,91)(H2,80,83,89,92)(H2,81,84,90,93). The number of aryl methyl sites for hydroxylation is 2. The molecule has 8 rings (SSSR count). The quantitative estimate of drug-likeness (QED) is 0.0457. The first-order valence-corrected chi connectivity index (χ1v) is 37.2. The molecule has 0 aliphatic heterocycles. The third-order valence-electron chi connectivity index (χ3n) is 18.2. The van der Waals surface area contributed by atoms with E-state index in [9.17, 15) is 42.8 Å². The van der Waals surface area contributed by atoms with Crippen molar-refractivity contribution < 1.29 is 31.4 Å². The molecular formula is C74H91FN12O6S3. The number of hydrogen-bond donors (Lipinski definition) is 3. The molecule has 8 atom stereocenters. The topological polar surface area (TPSA) is 299 Å². The first-order valence-electron chi connectivity index (χ1n) is 32.5. The van der Waals surface area contributed by atoms with Gasteiger partial charge in [-0.05, 0) is 275 Å². The molecule has 18 nitrogen and oxygen atoms in total. The van der Waals surface area contributed by atoms with Crippen molar-refractivity contribution in [1.82, 2.24) is 14.7 Å². The van der Waals surface area contributed by atoms with Gasteiger partial charge in [-0.25, -0.2) is 32.4 Å². The average Bonchev–Trinajstić information content (AvgIpc) is 1.58. The van der Waals surface area contributed by atoms with E-state index in [0.29, 0.717) is 95.4 Å². The smallest absolute Gasteiger partial charge is 0.259 e. The Labute approximate surface area is 568 Å². The molecule has 3 amide bonds. The van der Waals surface area contributed by atoms with Crippen molar-refractivity contribution in [3.05, 3.63) is 191 Å². The van der Waals surface area contributed by atoms with Crippen molar-refractivity contribution in [3.8, 4) is 18.2 Å². The molecule has 508 valence electrons. The summed E-state index contributed by atoms with van der Waals surface area (Å²) in [5.74, 6) is -4.16. The van der Waals surface area contributed by atoms with Gasteiger partial charge in [-0.3, -0.25) is 14.4 Å². The number of amides is 3. The van der Waals surface area contributed by atoms with Crippen molar-refractivity contribution in [2.75, 3.05) is 42.3 Å². The molecule has 0 spiro atoms. The van der Waals surface area contributed by atoms with E-state index in [1.807, 2.05) is 128 Å². The van der Waals surface area contributed by atoms with Gasteiger partial charge in [-0.15, -0.1) is 13.1 Å². The number of nitrogens with zero attached hydrogens (tertiary/aromatic N) is 9. The monoisotopic (exact) mass is 1360 g/mol. The van der Waals surface area contributed by atoms with E-state index in [1.165, 1.54) is 12.1 Å². The van der Waals surface area contributed by atoms with E-state index >= 15 is 4.39 Å². The van der Waals surface area contributed by atoms with Crippen LogP contribution in [0.2, 0.25) is 0 Å². The highest BCUT2D eigenvalue weighted by Gasteiger charge is 2.42. The van der Waals surface area contributed by atoms with Gasteiger partial charge in [0.05, 0.1) is 68.8 Å². The van der Waals surface area contributed by atoms with Crippen LogP contribution in [0.15, 0.2) is 119 Å². The number of halogens is 1. The first kappa shape index (κ1) is 74.1. The molecule has 96 heavy (non-hydrogen) atoms. The Morgan fingerprint density at radius 2 is 0.885 bits per heavy atom. The summed E-state index contributed by atoms with van der Waals surface area (Å²) in [5, 5.41) is 50.7. The van der Waals surface area contributed by atoms with Gasteiger partial charge < -0.3 is 14.7 Å². The van der Waals surface area contributed by atoms with Gasteiger partial charge in [0.15, 0.2) is 0 Å². The van der Waals surface area contributed by atoms with Crippen LogP contribution in [-0.4, -0.2) is 87.3 Å². The maximum absolute atomic E-state index is 15.8. The van der Waals surface area contributed by atoms with Crippen LogP contribution >= 0.6 is 0 Å². The van der Waals surface area contributed by atoms with Crippen LogP contribution in [0, 0.1) is 59.6 Å². The Balaban J connectivity index is 1.14. The van der Waals surface area contributed by atoms with Crippen LogP contribution in [0.3, 0.4) is 0 Å². The second-order valence-electron chi connectivity index (χ2n) is 27.7. The third-order valence-corrected chi connectivity index (χ3v) is 22.8. The van der Waals surface area contributed by atoms with Gasteiger partial charge in [0.2, 0.25) is 0 Å². The Morgan fingerprint density at radius 3 is 1.29 bits per heavy atom. The first-order chi connectivity index (χ1) is 45.1. The van der Waals surface area contributed by atoms with Crippen molar-refractivity contribution in [1.29, 1.82) is 15.8 Å². The molecule has 22 heteroatoms. The Bertz CT molecular complexity index is 4540. The van der Waals surface area contributed by atoms with E-state index in [0.717, 1.165) is 57.3 Å². The summed E-state index contributed by atoms with van der Waals surface area (Å²) in [6.07, 6.45) is 3.10. The molecule has 0 aromatic heterocycles. The van der Waals surface area contributed by atoms with Gasteiger partial charge in [0, 0.05) is 19.6 Å². The van der Waals surface area contributed by atoms with Crippen molar-refractivity contribution in [3.63, 3.8) is 0 Å². The molecule has 2 aliphatic carbocycles. The van der Waals surface area contributed by atoms with Crippen LogP contribution < -0.4 is 15.4 Å². The molecule has 0 bridgehead atoms. The van der Waals surface area contributed by atoms with Gasteiger partial charge in [0.25, 0.3) is 17.7 Å². The highest BCUT2D eigenvalue weighted by Crippen LogP contribution is 2.55. The van der Waals surface area contributed by atoms with E-state index in [1.54, 1.807) is 56.3 Å². The fraction of sp³-hybridized carbons (Fsp3) is 0.432. The van der Waals surface area contributed by atoms with Gasteiger partial charge in [-0.2, -0.15) is 15.8 Å². The predicted octanol–water partition coefficient (Wildman–Crippen LogP) is 12.6. The molecule has 2 aliphatic rings. The Hall–Kier alpha value is -7.66. The van der Waals surface area contributed by atoms with Gasteiger partial charge in [-0.1, -0.05) is 65.0 Å². The summed E-state index contributed by atoms with van der Waals surface area (Å²) in [7, 11) is 0.00122. The zero-order valence-corrected chi connectivity index (χ0v) is 59.9. The number of rotatable bonds is 26. The zero-order chi connectivity index (χ0) is 70.5. The van der Waals surface area contributed by atoms with Crippen LogP contribution in [-0.2, 0) is 83.0 Å². The maximum atomic E-state index is 15.8. The van der Waals surface area contributed by atoms with Crippen molar-refractivity contribution >= 4 is 47.5 Å². The van der Waals surface area contributed by atoms with Crippen LogP contribution in [0.4, 0.5) is 4.39 Å². The second-order valence-corrected chi connectivity index (χ2v) is 32.9. The lowest BCUT2D eigenvalue weighted by molar-refractivity contribution is -0.117. The summed E-state index contributed by atoms with van der Waals surface area (Å²) < 4.78 is 70.7. The summed E-state index contributed by atoms with van der Waals surface area (Å²) in [4.78, 5) is 48.9. The normalized spacial score (nSPS) is 17.3. The molecular weight excluding hydrogens is 1270 g/mol. The van der Waals surface area contributed by atoms with Crippen molar-refractivity contribution in [2.24, 2.45) is 34.4 Å². The van der Waals surface area contributed by atoms with Crippen LogP contribution in [0.25, 0.3) is 0 Å². The fourth-order valence-corrected chi connectivity index (χ4v) is 17.1. The van der Waals surface area contributed by atoms with E-state index in [2.05, 4.69) is 31.3 Å². The number of benzene rings is 6. The molecule has 6 aromatic carbocycles. The molecule has 0 heterocycles. The summed E-state index contributed by atoms with van der Waals surface area (Å²) >= 11 is 0. The molecule has 2 fully saturated rings. The van der Waals surface area contributed by atoms with Crippen LogP contribution in [0.5, 0.6) is 0 Å². The highest BCUT2D eigenvalue weighted by atomic mass is 32.2. The number of nitriles is 3. The molecule has 6 N–H and O–H groups in total. The van der Waals surface area contributed by atoms with Crippen LogP contribution in [0.1, 0.15) is 203 Å². The lowest BCUT2D eigenvalue weighted by Crippen LogP contribution is -2.19. The number of hydrogen-bond acceptors (Lipinski definition) is 12.